The van der Waals surface area contributed by atoms with Crippen molar-refractivity contribution >= 4 is 0 Å². The number of hydrogen-bond donors (Lipinski definition) is 0. The summed E-state index contributed by atoms with van der Waals surface area (Å²) in [5.74, 6) is 4.58. The first kappa shape index (κ1) is 3.07. The molecule has 0 nitrogen and oxygen atoms in total. The molecule has 0 saturated carbocycles. The Morgan fingerprint density at radius 1 is 1.50 bits per heavy atom. The SMILES string of the molecule is [2H]C#C/C=C\C#C. The lowest BCUT2D eigenvalue weighted by atomic mass is 10.5. The lowest BCUT2D eigenvalue weighted by Crippen LogP contribution is -1.41. The molecule has 0 aliphatic rings. The Hall–Kier alpha value is -1.14. The molecule has 0 aliphatic heterocycles. The van der Waals surface area contributed by atoms with Crippen LogP contribution < -0.4 is 0 Å². The van der Waals surface area contributed by atoms with Crippen LogP contribution in [0.2, 0.25) is 0 Å². The monoisotopic (exact) mass is 77.0 g/mol. The quantitative estimate of drug-likeness (QED) is 0.375. The molecule has 0 spiro atoms. The van der Waals surface area contributed by atoms with Gasteiger partial charge in [-0.1, -0.05) is 11.8 Å². The predicted octanol–water partition coefficient (Wildman–Crippen LogP) is 0.809. The van der Waals surface area contributed by atoms with Crippen molar-refractivity contribution in [3.05, 3.63) is 12.2 Å². The molecule has 0 aromatic heterocycles. The minimum absolute atomic E-state index is 1.45. The number of hydrogen-bond acceptors (Lipinski definition) is 0. The number of rotatable bonds is 0. The van der Waals surface area contributed by atoms with Crippen LogP contribution in [0.3, 0.4) is 0 Å². The van der Waals surface area contributed by atoms with Gasteiger partial charge >= 0.3 is 0 Å². The first-order chi connectivity index (χ1) is 3.41. The van der Waals surface area contributed by atoms with Gasteiger partial charge in [0, 0.05) is 0 Å². The molecule has 0 amide bonds. The Bertz CT molecular complexity index is 149. The molecule has 0 radical (unpaired) electrons. The maximum Gasteiger partial charge on any atom is 0.124 e. The first-order valence-electron chi connectivity index (χ1n) is 1.95. The van der Waals surface area contributed by atoms with Gasteiger partial charge in [0.05, 0.1) is 0 Å². The van der Waals surface area contributed by atoms with E-state index in [4.69, 9.17) is 7.79 Å². The minimum Gasteiger partial charge on any atom is -0.115 e. The Kier molecular flexibility index (Phi) is 1.97. The van der Waals surface area contributed by atoms with E-state index in [2.05, 4.69) is 11.8 Å². The third-order valence-corrected chi connectivity index (χ3v) is 0.263. The molecule has 0 saturated heterocycles. The summed E-state index contributed by atoms with van der Waals surface area (Å²) in [6, 6.07) is 0. The number of terminal acetylenes is 2. The van der Waals surface area contributed by atoms with Crippen LogP contribution in [0.15, 0.2) is 12.2 Å². The normalized spacial score (nSPS) is 8.17. The zero-order valence-corrected chi connectivity index (χ0v) is 3.23. The van der Waals surface area contributed by atoms with Crippen molar-refractivity contribution in [1.29, 1.82) is 0 Å². The van der Waals surface area contributed by atoms with E-state index in [1.807, 2.05) is 6.40 Å². The van der Waals surface area contributed by atoms with Gasteiger partial charge in [-0.15, -0.1) is 12.8 Å². The summed E-state index contributed by atoms with van der Waals surface area (Å²) in [6.07, 6.45) is 9.62. The highest BCUT2D eigenvalue weighted by Crippen LogP contribution is 1.59. The van der Waals surface area contributed by atoms with Gasteiger partial charge in [-0.05, 0) is 12.2 Å². The molecular formula is C6H4. The topological polar surface area (TPSA) is 0 Å². The Labute approximate surface area is 39.3 Å². The van der Waals surface area contributed by atoms with E-state index < -0.39 is 0 Å². The first-order valence-corrected chi connectivity index (χ1v) is 1.45. The van der Waals surface area contributed by atoms with E-state index in [9.17, 15) is 0 Å². The third-order valence-electron chi connectivity index (χ3n) is 0.263. The van der Waals surface area contributed by atoms with Gasteiger partial charge in [0.2, 0.25) is 0 Å². The van der Waals surface area contributed by atoms with Crippen LogP contribution in [0.1, 0.15) is 1.37 Å². The Balaban J connectivity index is 3.47. The van der Waals surface area contributed by atoms with Crippen LogP contribution in [0, 0.1) is 24.7 Å². The average Bonchev–Trinajstić information content (AvgIpc) is 1.69. The standard InChI is InChI=1S/C6H4/c1-3-5-6-4-2/h1-2,5-6H/b6-5-/i1D. The molecule has 0 fully saturated rings. The van der Waals surface area contributed by atoms with Crippen molar-refractivity contribution < 1.29 is 1.37 Å². The average molecular weight is 77.1 g/mol. The summed E-state index contributed by atoms with van der Waals surface area (Å²) < 4.78 is 6.30. The fourth-order valence-electron chi connectivity index (χ4n) is 0.0898. The molecule has 6 heavy (non-hydrogen) atoms. The van der Waals surface area contributed by atoms with Crippen LogP contribution in [0.4, 0.5) is 0 Å². The summed E-state index contributed by atoms with van der Waals surface area (Å²) in [5.41, 5.74) is 0. The second-order valence-electron chi connectivity index (χ2n) is 0.644. The highest BCUT2D eigenvalue weighted by molar-refractivity contribution is 5.19. The van der Waals surface area contributed by atoms with E-state index in [0.29, 0.717) is 0 Å². The van der Waals surface area contributed by atoms with Crippen molar-refractivity contribution in [3.63, 3.8) is 0 Å². The van der Waals surface area contributed by atoms with E-state index >= 15 is 0 Å². The summed E-state index contributed by atoms with van der Waals surface area (Å²) in [5, 5.41) is 0. The van der Waals surface area contributed by atoms with Crippen LogP contribution in [0.25, 0.3) is 0 Å². The summed E-state index contributed by atoms with van der Waals surface area (Å²) in [6.45, 7) is 0. The molecule has 0 atom stereocenters. The molecular weight excluding hydrogens is 72.1 g/mol. The fourth-order valence-corrected chi connectivity index (χ4v) is 0.0898. The summed E-state index contributed by atoms with van der Waals surface area (Å²) in [4.78, 5) is 0. The minimum atomic E-state index is 1.45. The smallest absolute Gasteiger partial charge is 0.115 e. The van der Waals surface area contributed by atoms with Crippen LogP contribution in [-0.2, 0) is 0 Å². The van der Waals surface area contributed by atoms with E-state index in [1.54, 1.807) is 0 Å². The van der Waals surface area contributed by atoms with E-state index in [-0.39, 0.29) is 0 Å². The maximum absolute atomic E-state index is 6.30. The molecule has 0 unspecified atom stereocenters. The van der Waals surface area contributed by atoms with Gasteiger partial charge < -0.3 is 0 Å². The van der Waals surface area contributed by atoms with Crippen molar-refractivity contribution in [2.24, 2.45) is 0 Å². The largest absolute Gasteiger partial charge is 0.124 e. The molecule has 0 aromatic rings. The van der Waals surface area contributed by atoms with Gasteiger partial charge in [-0.2, -0.15) is 0 Å². The molecule has 0 heteroatoms. The van der Waals surface area contributed by atoms with Crippen molar-refractivity contribution in [2.45, 2.75) is 0 Å². The van der Waals surface area contributed by atoms with Crippen molar-refractivity contribution in [3.8, 4) is 24.7 Å². The second kappa shape index (κ2) is 3.86. The lowest BCUT2D eigenvalue weighted by Gasteiger charge is -1.53. The van der Waals surface area contributed by atoms with Gasteiger partial charge in [0.15, 0.2) is 0 Å². The fraction of sp³-hybridized carbons (Fsp3) is 0. The van der Waals surface area contributed by atoms with Gasteiger partial charge in [0.25, 0.3) is 0 Å². The summed E-state index contributed by atoms with van der Waals surface area (Å²) >= 11 is 0. The van der Waals surface area contributed by atoms with Crippen molar-refractivity contribution in [1.82, 2.24) is 0 Å². The lowest BCUT2D eigenvalue weighted by molar-refractivity contribution is 2.16. The predicted molar refractivity (Wildman–Crippen MR) is 26.8 cm³/mol. The van der Waals surface area contributed by atoms with Gasteiger partial charge in [0.1, 0.15) is 1.37 Å². The zero-order chi connectivity index (χ0) is 5.54. The second-order valence-corrected chi connectivity index (χ2v) is 0.644. The highest BCUT2D eigenvalue weighted by atomic mass is 13.5. The molecule has 0 aromatic carbocycles. The van der Waals surface area contributed by atoms with E-state index in [1.165, 1.54) is 12.2 Å². The highest BCUT2D eigenvalue weighted by Gasteiger charge is 1.46. The molecule has 0 aliphatic carbocycles. The zero-order valence-electron chi connectivity index (χ0n) is 4.23. The molecule has 0 rings (SSSR count). The van der Waals surface area contributed by atoms with Crippen LogP contribution >= 0.6 is 0 Å². The molecule has 0 bridgehead atoms. The van der Waals surface area contributed by atoms with Gasteiger partial charge in [-0.3, -0.25) is 0 Å². The Morgan fingerprint density at radius 3 is 2.67 bits per heavy atom. The van der Waals surface area contributed by atoms with Crippen LogP contribution in [-0.4, -0.2) is 0 Å². The third kappa shape index (κ3) is 2.86. The maximum atomic E-state index is 6.30. The van der Waals surface area contributed by atoms with E-state index in [0.717, 1.165) is 0 Å². The van der Waals surface area contributed by atoms with Crippen molar-refractivity contribution in [2.75, 3.05) is 0 Å². The summed E-state index contributed by atoms with van der Waals surface area (Å²) in [7, 11) is 0. The Morgan fingerprint density at radius 2 is 2.17 bits per heavy atom. The molecule has 0 heterocycles. The molecule has 0 N–H and O–H groups in total. The van der Waals surface area contributed by atoms with Crippen LogP contribution in [0.5, 0.6) is 0 Å². The van der Waals surface area contributed by atoms with Gasteiger partial charge in [-0.25, -0.2) is 0 Å². The molecule has 28 valence electrons. The number of allylic oxidation sites excluding steroid dienone is 2.